The number of aliphatic hydroxyl groups excluding tert-OH is 1. The maximum absolute atomic E-state index is 12.2. The molecule has 4 fully saturated rings. The first-order valence-corrected chi connectivity index (χ1v) is 13.0. The van der Waals surface area contributed by atoms with Crippen molar-refractivity contribution in [1.82, 2.24) is 5.48 Å². The number of aliphatic imine (C=N–C) groups is 1. The van der Waals surface area contributed by atoms with E-state index in [-0.39, 0.29) is 17.5 Å². The van der Waals surface area contributed by atoms with E-state index in [2.05, 4.69) is 24.3 Å². The summed E-state index contributed by atoms with van der Waals surface area (Å²) in [5, 5.41) is 22.4. The second-order valence-corrected chi connectivity index (χ2v) is 11.7. The number of nitrogens with two attached hydrogens (primary N) is 2. The van der Waals surface area contributed by atoms with E-state index in [1.165, 1.54) is 12.8 Å². The smallest absolute Gasteiger partial charge is 0.185 e. The molecule has 4 saturated carbocycles. The zero-order valence-electron chi connectivity index (χ0n) is 20.2. The molecule has 8 atom stereocenters. The van der Waals surface area contributed by atoms with Gasteiger partial charge in [0.05, 0.1) is 18.3 Å². The van der Waals surface area contributed by atoms with Gasteiger partial charge in [-0.2, -0.15) is 0 Å². The van der Waals surface area contributed by atoms with Crippen LogP contribution in [0.25, 0.3) is 0 Å². The normalized spacial score (nSPS) is 45.6. The van der Waals surface area contributed by atoms with Crippen LogP contribution in [0.5, 0.6) is 0 Å². The Morgan fingerprint density at radius 1 is 1.06 bits per heavy atom. The molecule has 0 heterocycles. The molecular formula is C25H46N4O3. The number of aliphatic hydroxyl groups is 2. The van der Waals surface area contributed by atoms with E-state index in [1.54, 1.807) is 0 Å². The van der Waals surface area contributed by atoms with Gasteiger partial charge in [0.2, 0.25) is 0 Å². The highest BCUT2D eigenvalue weighted by molar-refractivity contribution is 5.75. The lowest BCUT2D eigenvalue weighted by Gasteiger charge is -2.63. The van der Waals surface area contributed by atoms with Crippen LogP contribution < -0.4 is 16.9 Å². The monoisotopic (exact) mass is 450 g/mol. The molecule has 4 rings (SSSR count). The molecule has 0 unspecified atom stereocenters. The molecule has 0 bridgehead atoms. The summed E-state index contributed by atoms with van der Waals surface area (Å²) in [4.78, 5) is 9.51. The third-order valence-electron chi connectivity index (χ3n) is 10.4. The summed E-state index contributed by atoms with van der Waals surface area (Å²) in [7, 11) is 0. The lowest BCUT2D eigenvalue weighted by Crippen LogP contribution is -2.62. The van der Waals surface area contributed by atoms with Gasteiger partial charge in [-0.05, 0) is 105 Å². The summed E-state index contributed by atoms with van der Waals surface area (Å²) >= 11 is 0. The number of hydrogen-bond acceptors (Lipinski definition) is 5. The van der Waals surface area contributed by atoms with Crippen molar-refractivity contribution in [2.24, 2.45) is 51.0 Å². The van der Waals surface area contributed by atoms with Gasteiger partial charge in [-0.15, -0.1) is 0 Å². The number of nitrogens with zero attached hydrogens (tertiary/aromatic N) is 1. The van der Waals surface area contributed by atoms with Gasteiger partial charge in [0, 0.05) is 13.1 Å². The van der Waals surface area contributed by atoms with Gasteiger partial charge in [0.15, 0.2) is 5.96 Å². The van der Waals surface area contributed by atoms with Crippen LogP contribution in [0.15, 0.2) is 4.99 Å². The SMILES string of the molecule is C[C@]12CC[C@H](O)C[C@H]1CC[C@@H]1[C@@H]2CC[C@]2(C)[C@@H](CCNOCCCN=C(N)N)CC[C@]12O. The fourth-order valence-electron chi connectivity index (χ4n) is 8.50. The number of guanidine groups is 1. The number of nitrogens with one attached hydrogen (secondary N) is 1. The first-order chi connectivity index (χ1) is 15.2. The zero-order valence-corrected chi connectivity index (χ0v) is 20.2. The first-order valence-electron chi connectivity index (χ1n) is 13.0. The van der Waals surface area contributed by atoms with Gasteiger partial charge in [-0.25, -0.2) is 5.48 Å². The van der Waals surface area contributed by atoms with E-state index in [0.717, 1.165) is 64.3 Å². The van der Waals surface area contributed by atoms with E-state index >= 15 is 0 Å². The van der Waals surface area contributed by atoms with Crippen LogP contribution in [0.4, 0.5) is 0 Å². The van der Waals surface area contributed by atoms with Crippen molar-refractivity contribution in [3.05, 3.63) is 0 Å². The highest BCUT2D eigenvalue weighted by Gasteiger charge is 2.66. The third kappa shape index (κ3) is 4.19. The maximum atomic E-state index is 12.2. The summed E-state index contributed by atoms with van der Waals surface area (Å²) in [5.41, 5.74) is 13.5. The molecule has 0 radical (unpaired) electrons. The second-order valence-electron chi connectivity index (χ2n) is 11.7. The molecule has 184 valence electrons. The van der Waals surface area contributed by atoms with E-state index in [4.69, 9.17) is 16.3 Å². The van der Waals surface area contributed by atoms with Gasteiger partial charge in [-0.1, -0.05) is 13.8 Å². The van der Waals surface area contributed by atoms with Crippen LogP contribution in [0, 0.1) is 34.5 Å². The van der Waals surface area contributed by atoms with Gasteiger partial charge < -0.3 is 26.5 Å². The molecule has 7 nitrogen and oxygen atoms in total. The van der Waals surface area contributed by atoms with Crippen molar-refractivity contribution in [1.29, 1.82) is 0 Å². The van der Waals surface area contributed by atoms with Crippen molar-refractivity contribution in [3.8, 4) is 0 Å². The predicted molar refractivity (Wildman–Crippen MR) is 127 cm³/mol. The van der Waals surface area contributed by atoms with Gasteiger partial charge >= 0.3 is 0 Å². The molecule has 0 aliphatic heterocycles. The summed E-state index contributed by atoms with van der Waals surface area (Å²) in [6.07, 6.45) is 11.5. The molecule has 7 N–H and O–H groups in total. The molecule has 0 saturated heterocycles. The molecule has 0 amide bonds. The minimum Gasteiger partial charge on any atom is -0.393 e. The maximum Gasteiger partial charge on any atom is 0.185 e. The minimum absolute atomic E-state index is 0.000587. The molecule has 0 aromatic carbocycles. The molecular weight excluding hydrogens is 404 g/mol. The summed E-state index contributed by atoms with van der Waals surface area (Å²) in [6, 6.07) is 0. The summed E-state index contributed by atoms with van der Waals surface area (Å²) in [5.74, 6) is 2.31. The Hall–Kier alpha value is -0.890. The molecule has 4 aliphatic rings. The van der Waals surface area contributed by atoms with E-state index in [0.29, 0.717) is 42.2 Å². The van der Waals surface area contributed by atoms with E-state index in [9.17, 15) is 10.2 Å². The lowest BCUT2D eigenvalue weighted by molar-refractivity contribution is -0.210. The standard InChI is InChI=1S/C25H46N4O3/c1-23-10-7-19(30)16-18(23)4-5-21-20(23)8-11-24(2)17(6-12-25(21,24)31)9-14-29-32-15-3-13-28-22(26)27/h17-21,29-31H,3-16H2,1-2H3,(H4,26,27,28)/t17-,18-,19+,20+,21-,23+,24-,25+/m1/s1. The van der Waals surface area contributed by atoms with Crippen molar-refractivity contribution >= 4 is 5.96 Å². The largest absolute Gasteiger partial charge is 0.393 e. The summed E-state index contributed by atoms with van der Waals surface area (Å²) < 4.78 is 0. The second kappa shape index (κ2) is 9.40. The highest BCUT2D eigenvalue weighted by atomic mass is 16.6. The van der Waals surface area contributed by atoms with Crippen LogP contribution in [-0.2, 0) is 4.84 Å². The Morgan fingerprint density at radius 2 is 1.88 bits per heavy atom. The first kappa shape index (κ1) is 24.2. The Balaban J connectivity index is 1.32. The van der Waals surface area contributed by atoms with Crippen LogP contribution in [-0.4, -0.2) is 47.6 Å². The molecule has 7 heteroatoms. The molecule has 0 spiro atoms. The molecule has 32 heavy (non-hydrogen) atoms. The Morgan fingerprint density at radius 3 is 2.66 bits per heavy atom. The fourth-order valence-corrected chi connectivity index (χ4v) is 8.50. The van der Waals surface area contributed by atoms with Gasteiger partial charge in [0.1, 0.15) is 0 Å². The average Bonchev–Trinajstić information content (AvgIpc) is 3.01. The quantitative estimate of drug-likeness (QED) is 0.167. The third-order valence-corrected chi connectivity index (χ3v) is 10.4. The minimum atomic E-state index is -0.536. The van der Waals surface area contributed by atoms with Crippen molar-refractivity contribution in [2.45, 2.75) is 96.2 Å². The van der Waals surface area contributed by atoms with Crippen LogP contribution in [0.2, 0.25) is 0 Å². The fraction of sp³-hybridized carbons (Fsp3) is 0.960. The lowest BCUT2D eigenvalue weighted by atomic mass is 9.43. The average molecular weight is 451 g/mol. The van der Waals surface area contributed by atoms with Crippen molar-refractivity contribution < 1.29 is 15.1 Å². The van der Waals surface area contributed by atoms with Crippen LogP contribution in [0.3, 0.4) is 0 Å². The topological polar surface area (TPSA) is 126 Å². The summed E-state index contributed by atoms with van der Waals surface area (Å²) in [6.45, 7) is 6.83. The van der Waals surface area contributed by atoms with Gasteiger partial charge in [-0.3, -0.25) is 4.99 Å². The van der Waals surface area contributed by atoms with Crippen molar-refractivity contribution in [2.75, 3.05) is 19.7 Å². The molecule has 0 aromatic rings. The van der Waals surface area contributed by atoms with Crippen molar-refractivity contribution in [3.63, 3.8) is 0 Å². The Kier molecular flexibility index (Phi) is 7.12. The number of fused-ring (bicyclic) bond motifs is 5. The van der Waals surface area contributed by atoms with E-state index in [1.807, 2.05) is 0 Å². The van der Waals surface area contributed by atoms with Crippen LogP contribution >= 0.6 is 0 Å². The molecule has 4 aliphatic carbocycles. The van der Waals surface area contributed by atoms with Crippen LogP contribution in [0.1, 0.15) is 84.5 Å². The highest BCUT2D eigenvalue weighted by Crippen LogP contribution is 2.69. The Bertz CT molecular complexity index is 686. The zero-order chi connectivity index (χ0) is 23.0. The molecule has 0 aromatic heterocycles. The Labute approximate surface area is 193 Å². The number of hydroxylamine groups is 1. The number of rotatable bonds is 8. The van der Waals surface area contributed by atoms with E-state index < -0.39 is 5.60 Å². The van der Waals surface area contributed by atoms with Gasteiger partial charge in [0.25, 0.3) is 0 Å². The number of hydrogen-bond donors (Lipinski definition) is 5. The predicted octanol–water partition coefficient (Wildman–Crippen LogP) is 2.70.